The number of anilines is 3. The maximum absolute atomic E-state index is 11.4. The van der Waals surface area contributed by atoms with Gasteiger partial charge in [-0.25, -0.2) is 8.61 Å². The van der Waals surface area contributed by atoms with Gasteiger partial charge in [-0.15, -0.1) is 0 Å². The summed E-state index contributed by atoms with van der Waals surface area (Å²) >= 11 is 6.02. The Bertz CT molecular complexity index is 749. The van der Waals surface area contributed by atoms with Gasteiger partial charge in [-0.2, -0.15) is 0 Å². The van der Waals surface area contributed by atoms with E-state index in [-0.39, 0.29) is 6.04 Å². The molecule has 0 fully saturated rings. The molecule has 4 N–H and O–H groups in total. The van der Waals surface area contributed by atoms with Crippen molar-refractivity contribution in [3.8, 4) is 0 Å². The molecule has 2 aromatic rings. The summed E-state index contributed by atoms with van der Waals surface area (Å²) in [6, 6.07) is 14.9. The SMILES string of the molecule is CCCCC(CCCN)N1c2ccccc2N(c2ccc(Cl)cc2)S1(O)O. The molecule has 0 bridgehead atoms. The lowest BCUT2D eigenvalue weighted by Crippen LogP contribution is -2.39. The molecular weight excluding hydrogens is 382 g/mol. The molecule has 0 amide bonds. The van der Waals surface area contributed by atoms with Gasteiger partial charge in [-0.3, -0.25) is 9.11 Å². The number of para-hydroxylation sites is 2. The largest absolute Gasteiger partial charge is 0.330 e. The van der Waals surface area contributed by atoms with Gasteiger partial charge in [0.25, 0.3) is 0 Å². The van der Waals surface area contributed by atoms with E-state index in [0.717, 1.165) is 43.5 Å². The maximum Gasteiger partial charge on any atom is 0.0896 e. The predicted octanol–water partition coefficient (Wildman–Crippen LogP) is 6.18. The van der Waals surface area contributed by atoms with E-state index in [0.29, 0.717) is 17.3 Å². The zero-order chi connectivity index (χ0) is 19.4. The lowest BCUT2D eigenvalue weighted by molar-refractivity contribution is 0.456. The van der Waals surface area contributed by atoms with E-state index >= 15 is 0 Å². The van der Waals surface area contributed by atoms with E-state index < -0.39 is 11.0 Å². The molecular formula is C20H28ClN3O2S. The van der Waals surface area contributed by atoms with Gasteiger partial charge in [0.05, 0.1) is 23.1 Å². The fraction of sp³-hybridized carbons (Fsp3) is 0.400. The van der Waals surface area contributed by atoms with Crippen LogP contribution in [-0.4, -0.2) is 21.7 Å². The van der Waals surface area contributed by atoms with Crippen LogP contribution in [0.2, 0.25) is 5.02 Å². The number of hydrogen-bond acceptors (Lipinski definition) is 5. The molecule has 0 aromatic heterocycles. The quantitative estimate of drug-likeness (QED) is 0.485. The van der Waals surface area contributed by atoms with Crippen molar-refractivity contribution in [2.45, 2.75) is 45.1 Å². The first-order valence-electron chi connectivity index (χ1n) is 9.43. The van der Waals surface area contributed by atoms with E-state index in [2.05, 4.69) is 6.92 Å². The summed E-state index contributed by atoms with van der Waals surface area (Å²) in [5, 5.41) is 0.614. The summed E-state index contributed by atoms with van der Waals surface area (Å²) in [4.78, 5) is 0. The van der Waals surface area contributed by atoms with E-state index in [1.165, 1.54) is 0 Å². The second kappa shape index (κ2) is 8.71. The standard InChI is InChI=1S/C20H28ClN3O2S/c1-2-3-7-17(8-6-15-22)23-19-9-4-5-10-20(19)24(27(23,25)26)18-13-11-16(21)12-14-18/h4-5,9-14,17,25-26H,2-3,6-8,15,22H2,1H3. The Kier molecular flexibility index (Phi) is 6.55. The van der Waals surface area contributed by atoms with Gasteiger partial charge in [-0.1, -0.05) is 43.5 Å². The van der Waals surface area contributed by atoms with Gasteiger partial charge in [0.15, 0.2) is 0 Å². The molecule has 148 valence electrons. The van der Waals surface area contributed by atoms with E-state index in [1.807, 2.05) is 40.7 Å². The molecule has 7 heteroatoms. The topological polar surface area (TPSA) is 73.0 Å². The van der Waals surface area contributed by atoms with Gasteiger partial charge < -0.3 is 5.73 Å². The van der Waals surface area contributed by atoms with Gasteiger partial charge >= 0.3 is 0 Å². The van der Waals surface area contributed by atoms with Crippen LogP contribution in [0.5, 0.6) is 0 Å². The lowest BCUT2D eigenvalue weighted by atomic mass is 10.0. The van der Waals surface area contributed by atoms with Crippen molar-refractivity contribution in [3.63, 3.8) is 0 Å². The third-order valence-corrected chi connectivity index (χ3v) is 7.04. The highest BCUT2D eigenvalue weighted by Crippen LogP contribution is 2.65. The number of nitrogens with zero attached hydrogens (tertiary/aromatic N) is 2. The first-order chi connectivity index (χ1) is 13.0. The first kappa shape index (κ1) is 20.3. The highest BCUT2D eigenvalue weighted by atomic mass is 35.5. The van der Waals surface area contributed by atoms with Crippen LogP contribution in [0.15, 0.2) is 48.5 Å². The number of halogens is 1. The minimum absolute atomic E-state index is 0.0250. The minimum Gasteiger partial charge on any atom is -0.330 e. The highest BCUT2D eigenvalue weighted by Gasteiger charge is 2.44. The van der Waals surface area contributed by atoms with Crippen molar-refractivity contribution in [2.75, 3.05) is 15.2 Å². The fourth-order valence-electron chi connectivity index (χ4n) is 3.60. The van der Waals surface area contributed by atoms with Crippen LogP contribution in [0.1, 0.15) is 39.0 Å². The van der Waals surface area contributed by atoms with E-state index in [9.17, 15) is 9.11 Å². The van der Waals surface area contributed by atoms with Crippen LogP contribution in [0.3, 0.4) is 0 Å². The Morgan fingerprint density at radius 1 is 1.00 bits per heavy atom. The molecule has 3 rings (SSSR count). The summed E-state index contributed by atoms with van der Waals surface area (Å²) in [6.45, 7) is 2.74. The van der Waals surface area contributed by atoms with Crippen molar-refractivity contribution in [3.05, 3.63) is 53.6 Å². The van der Waals surface area contributed by atoms with Crippen LogP contribution in [-0.2, 0) is 0 Å². The first-order valence-corrected chi connectivity index (χ1v) is 11.3. The number of rotatable bonds is 8. The van der Waals surface area contributed by atoms with Crippen molar-refractivity contribution in [1.29, 1.82) is 0 Å². The van der Waals surface area contributed by atoms with Crippen molar-refractivity contribution in [2.24, 2.45) is 5.73 Å². The zero-order valence-electron chi connectivity index (χ0n) is 15.6. The smallest absolute Gasteiger partial charge is 0.0896 e. The number of fused-ring (bicyclic) bond motifs is 1. The Morgan fingerprint density at radius 2 is 1.63 bits per heavy atom. The summed E-state index contributed by atoms with van der Waals surface area (Å²) in [5.74, 6) is 0. The molecule has 0 aliphatic carbocycles. The molecule has 0 saturated heterocycles. The van der Waals surface area contributed by atoms with Crippen molar-refractivity contribution >= 4 is 39.6 Å². The minimum atomic E-state index is -3.23. The number of hydrogen-bond donors (Lipinski definition) is 3. The van der Waals surface area contributed by atoms with Crippen molar-refractivity contribution in [1.82, 2.24) is 0 Å². The number of unbranched alkanes of at least 4 members (excludes halogenated alkanes) is 1. The monoisotopic (exact) mass is 409 g/mol. The van der Waals surface area contributed by atoms with Crippen LogP contribution < -0.4 is 14.3 Å². The molecule has 1 aliphatic rings. The molecule has 1 unspecified atom stereocenters. The third kappa shape index (κ3) is 4.05. The van der Waals surface area contributed by atoms with Crippen LogP contribution >= 0.6 is 22.6 Å². The Labute approximate surface area is 168 Å². The Hall–Kier alpha value is -1.44. The summed E-state index contributed by atoms with van der Waals surface area (Å²) in [5.41, 5.74) is 8.10. The predicted molar refractivity (Wildman–Crippen MR) is 117 cm³/mol. The Balaban J connectivity index is 2.04. The average molecular weight is 410 g/mol. The average Bonchev–Trinajstić information content (AvgIpc) is 2.89. The van der Waals surface area contributed by atoms with Crippen LogP contribution in [0.4, 0.5) is 17.1 Å². The van der Waals surface area contributed by atoms with E-state index in [4.69, 9.17) is 17.3 Å². The fourth-order valence-corrected chi connectivity index (χ4v) is 5.75. The maximum atomic E-state index is 11.4. The van der Waals surface area contributed by atoms with Crippen LogP contribution in [0.25, 0.3) is 0 Å². The normalized spacial score (nSPS) is 17.7. The third-order valence-electron chi connectivity index (χ3n) is 4.87. The molecule has 1 heterocycles. The molecule has 1 atom stereocenters. The molecule has 0 radical (unpaired) electrons. The van der Waals surface area contributed by atoms with Crippen LogP contribution in [0, 0.1) is 0 Å². The molecule has 1 aliphatic heterocycles. The summed E-state index contributed by atoms with van der Waals surface area (Å²) in [7, 11) is -3.23. The molecule has 2 aromatic carbocycles. The lowest BCUT2D eigenvalue weighted by Gasteiger charge is -2.47. The number of benzene rings is 2. The highest BCUT2D eigenvalue weighted by molar-refractivity contribution is 8.27. The molecule has 0 saturated carbocycles. The Morgan fingerprint density at radius 3 is 2.26 bits per heavy atom. The van der Waals surface area contributed by atoms with E-state index in [1.54, 1.807) is 16.4 Å². The van der Waals surface area contributed by atoms with Gasteiger partial charge in [0.1, 0.15) is 0 Å². The molecule has 0 spiro atoms. The second-order valence-corrected chi connectivity index (χ2v) is 8.98. The molecule has 5 nitrogen and oxygen atoms in total. The summed E-state index contributed by atoms with van der Waals surface area (Å²) < 4.78 is 26.2. The number of nitrogens with two attached hydrogens (primary N) is 1. The van der Waals surface area contributed by atoms with Gasteiger partial charge in [0.2, 0.25) is 0 Å². The zero-order valence-corrected chi connectivity index (χ0v) is 17.2. The van der Waals surface area contributed by atoms with Crippen molar-refractivity contribution < 1.29 is 9.11 Å². The van der Waals surface area contributed by atoms with Gasteiger partial charge in [-0.05, 0) is 73.2 Å². The second-order valence-electron chi connectivity index (χ2n) is 6.80. The summed E-state index contributed by atoms with van der Waals surface area (Å²) in [6.07, 6.45) is 4.67. The van der Waals surface area contributed by atoms with Gasteiger partial charge in [0, 0.05) is 5.02 Å². The molecule has 27 heavy (non-hydrogen) atoms.